The van der Waals surface area contributed by atoms with Crippen LogP contribution in [0.5, 0.6) is 5.75 Å². The maximum absolute atomic E-state index is 10.1. The molecule has 0 bridgehead atoms. The summed E-state index contributed by atoms with van der Waals surface area (Å²) in [5, 5.41) is 19.6. The molecule has 0 spiro atoms. The fourth-order valence-corrected chi connectivity index (χ4v) is 3.26. The molecule has 0 saturated carbocycles. The van der Waals surface area contributed by atoms with Gasteiger partial charge in [-0.3, -0.25) is 0 Å². The number of aliphatic hydroxyl groups is 1. The molecule has 0 heterocycles. The van der Waals surface area contributed by atoms with E-state index in [4.69, 9.17) is 0 Å². The zero-order chi connectivity index (χ0) is 12.4. The third-order valence-electron chi connectivity index (χ3n) is 3.40. The molecule has 0 aliphatic heterocycles. The van der Waals surface area contributed by atoms with Crippen molar-refractivity contribution >= 4 is 15.9 Å². The number of halogens is 1. The molecular weight excluding hydrogens is 280 g/mol. The van der Waals surface area contributed by atoms with Crippen molar-refractivity contribution in [2.75, 3.05) is 0 Å². The second kappa shape index (κ2) is 5.40. The second-order valence-electron chi connectivity index (χ2n) is 4.95. The Balaban J connectivity index is 2.43. The van der Waals surface area contributed by atoms with Gasteiger partial charge in [0.15, 0.2) is 0 Å². The molecule has 3 heteroatoms. The van der Waals surface area contributed by atoms with Crippen LogP contribution >= 0.6 is 15.9 Å². The number of hydrogen-bond acceptors (Lipinski definition) is 2. The van der Waals surface area contributed by atoms with Gasteiger partial charge in [-0.2, -0.15) is 0 Å². The molecule has 2 nitrogen and oxygen atoms in total. The van der Waals surface area contributed by atoms with Gasteiger partial charge in [-0.15, -0.1) is 0 Å². The number of aryl methyl sites for hydroxylation is 1. The SMILES string of the molecule is CC(O)Cc1cc2c(c(Br)c1O)CCCCC2. The summed E-state index contributed by atoms with van der Waals surface area (Å²) in [6.45, 7) is 1.75. The first-order valence-electron chi connectivity index (χ1n) is 6.29. The van der Waals surface area contributed by atoms with Crippen LogP contribution in [0.4, 0.5) is 0 Å². The third kappa shape index (κ3) is 2.83. The number of rotatable bonds is 2. The monoisotopic (exact) mass is 298 g/mol. The molecule has 0 amide bonds. The Morgan fingerprint density at radius 1 is 1.29 bits per heavy atom. The van der Waals surface area contributed by atoms with Crippen LogP contribution in [0.2, 0.25) is 0 Å². The fraction of sp³-hybridized carbons (Fsp3) is 0.571. The highest BCUT2D eigenvalue weighted by Crippen LogP contribution is 2.37. The standard InChI is InChI=1S/C14H19BrO2/c1-9(16)7-11-8-10-5-3-2-4-6-12(10)13(15)14(11)17/h8-9,16-17H,2-7H2,1H3. The molecule has 94 valence electrons. The van der Waals surface area contributed by atoms with Crippen molar-refractivity contribution < 1.29 is 10.2 Å². The van der Waals surface area contributed by atoms with Crippen molar-refractivity contribution in [2.45, 2.75) is 51.6 Å². The fourth-order valence-electron chi connectivity index (χ4n) is 2.55. The average molecular weight is 299 g/mol. The summed E-state index contributed by atoms with van der Waals surface area (Å²) < 4.78 is 0.840. The largest absolute Gasteiger partial charge is 0.506 e. The Kier molecular flexibility index (Phi) is 4.10. The Labute approximate surface area is 111 Å². The Hall–Kier alpha value is -0.540. The molecule has 1 aromatic rings. The maximum atomic E-state index is 10.1. The van der Waals surface area contributed by atoms with Crippen LogP contribution in [-0.2, 0) is 19.3 Å². The van der Waals surface area contributed by atoms with E-state index in [2.05, 4.69) is 22.0 Å². The second-order valence-corrected chi connectivity index (χ2v) is 5.74. The van der Waals surface area contributed by atoms with Crippen molar-refractivity contribution in [3.05, 3.63) is 27.2 Å². The average Bonchev–Trinajstić information content (AvgIpc) is 2.50. The highest BCUT2D eigenvalue weighted by atomic mass is 79.9. The van der Waals surface area contributed by atoms with Gasteiger partial charge in [0.05, 0.1) is 10.6 Å². The zero-order valence-electron chi connectivity index (χ0n) is 10.2. The molecular formula is C14H19BrO2. The maximum Gasteiger partial charge on any atom is 0.133 e. The molecule has 1 aromatic carbocycles. The molecule has 1 aliphatic carbocycles. The van der Waals surface area contributed by atoms with Gasteiger partial charge in [-0.1, -0.05) is 12.5 Å². The van der Waals surface area contributed by atoms with Gasteiger partial charge in [-0.25, -0.2) is 0 Å². The lowest BCUT2D eigenvalue weighted by Gasteiger charge is -2.15. The van der Waals surface area contributed by atoms with Crippen LogP contribution in [0, 0.1) is 0 Å². The molecule has 17 heavy (non-hydrogen) atoms. The molecule has 1 unspecified atom stereocenters. The summed E-state index contributed by atoms with van der Waals surface area (Å²) in [7, 11) is 0. The van der Waals surface area contributed by atoms with Crippen molar-refractivity contribution in [2.24, 2.45) is 0 Å². The van der Waals surface area contributed by atoms with Crippen LogP contribution in [0.3, 0.4) is 0 Å². The minimum atomic E-state index is -0.420. The number of aliphatic hydroxyl groups excluding tert-OH is 1. The minimum absolute atomic E-state index is 0.312. The topological polar surface area (TPSA) is 40.5 Å². The van der Waals surface area contributed by atoms with Gasteiger partial charge >= 0.3 is 0 Å². The predicted molar refractivity (Wildman–Crippen MR) is 72.5 cm³/mol. The number of phenolic OH excluding ortho intramolecular Hbond substituents is 1. The lowest BCUT2D eigenvalue weighted by atomic mass is 9.96. The molecule has 0 radical (unpaired) electrons. The van der Waals surface area contributed by atoms with E-state index in [-0.39, 0.29) is 0 Å². The van der Waals surface area contributed by atoms with Crippen LogP contribution in [0.1, 0.15) is 42.9 Å². The van der Waals surface area contributed by atoms with Crippen molar-refractivity contribution in [3.63, 3.8) is 0 Å². The first-order chi connectivity index (χ1) is 8.09. The molecule has 0 saturated heterocycles. The normalized spacial score (nSPS) is 17.4. The quantitative estimate of drug-likeness (QED) is 0.822. The van der Waals surface area contributed by atoms with E-state index in [0.717, 1.165) is 22.9 Å². The lowest BCUT2D eigenvalue weighted by molar-refractivity contribution is 0.194. The van der Waals surface area contributed by atoms with E-state index >= 15 is 0 Å². The highest BCUT2D eigenvalue weighted by molar-refractivity contribution is 9.10. The zero-order valence-corrected chi connectivity index (χ0v) is 11.8. The molecule has 1 atom stereocenters. The highest BCUT2D eigenvalue weighted by Gasteiger charge is 2.18. The van der Waals surface area contributed by atoms with Crippen molar-refractivity contribution in [1.29, 1.82) is 0 Å². The molecule has 0 aromatic heterocycles. The molecule has 2 rings (SSSR count). The van der Waals surface area contributed by atoms with E-state index in [1.54, 1.807) is 6.92 Å². The lowest BCUT2D eigenvalue weighted by Crippen LogP contribution is -2.06. The van der Waals surface area contributed by atoms with Crippen LogP contribution in [0.25, 0.3) is 0 Å². The van der Waals surface area contributed by atoms with E-state index in [9.17, 15) is 10.2 Å². The van der Waals surface area contributed by atoms with E-state index < -0.39 is 6.10 Å². The van der Waals surface area contributed by atoms with Gasteiger partial charge < -0.3 is 10.2 Å². The Morgan fingerprint density at radius 2 is 2.00 bits per heavy atom. The van der Waals surface area contributed by atoms with Crippen LogP contribution in [0.15, 0.2) is 10.5 Å². The van der Waals surface area contributed by atoms with Gasteiger partial charge in [-0.05, 0) is 65.2 Å². The number of fused-ring (bicyclic) bond motifs is 1. The summed E-state index contributed by atoms with van der Waals surface area (Å²) >= 11 is 3.51. The van der Waals surface area contributed by atoms with Gasteiger partial charge in [0.1, 0.15) is 5.75 Å². The van der Waals surface area contributed by atoms with Gasteiger partial charge in [0.2, 0.25) is 0 Å². The first-order valence-corrected chi connectivity index (χ1v) is 7.09. The third-order valence-corrected chi connectivity index (χ3v) is 4.26. The van der Waals surface area contributed by atoms with Crippen LogP contribution in [-0.4, -0.2) is 16.3 Å². The van der Waals surface area contributed by atoms with Gasteiger partial charge in [0, 0.05) is 6.42 Å². The van der Waals surface area contributed by atoms with E-state index in [1.165, 1.54) is 30.4 Å². The van der Waals surface area contributed by atoms with Gasteiger partial charge in [0.25, 0.3) is 0 Å². The first kappa shape index (κ1) is 12.9. The van der Waals surface area contributed by atoms with E-state index in [1.807, 2.05) is 0 Å². The number of benzene rings is 1. The van der Waals surface area contributed by atoms with Crippen molar-refractivity contribution in [1.82, 2.24) is 0 Å². The predicted octanol–water partition coefficient (Wildman–Crippen LogP) is 3.35. The van der Waals surface area contributed by atoms with E-state index in [0.29, 0.717) is 12.2 Å². The molecule has 0 fully saturated rings. The molecule has 2 N–H and O–H groups in total. The number of aromatic hydroxyl groups is 1. The summed E-state index contributed by atoms with van der Waals surface area (Å²) in [4.78, 5) is 0. The summed E-state index contributed by atoms with van der Waals surface area (Å²) in [6.07, 6.45) is 5.89. The summed E-state index contributed by atoms with van der Waals surface area (Å²) in [5.41, 5.74) is 3.45. The number of phenols is 1. The van der Waals surface area contributed by atoms with Crippen molar-refractivity contribution in [3.8, 4) is 5.75 Å². The minimum Gasteiger partial charge on any atom is -0.506 e. The van der Waals surface area contributed by atoms with Crippen LogP contribution < -0.4 is 0 Å². The Bertz CT molecular complexity index is 413. The summed E-state index contributed by atoms with van der Waals surface area (Å²) in [5.74, 6) is 0.312. The Morgan fingerprint density at radius 3 is 2.71 bits per heavy atom. The number of hydrogen-bond donors (Lipinski definition) is 2. The summed E-state index contributed by atoms with van der Waals surface area (Å²) in [6, 6.07) is 2.08. The molecule has 1 aliphatic rings. The smallest absolute Gasteiger partial charge is 0.133 e.